The first-order valence-corrected chi connectivity index (χ1v) is 12.0. The molecule has 4 rings (SSSR count). The molecule has 0 amide bonds. The van der Waals surface area contributed by atoms with E-state index in [0.717, 1.165) is 35.2 Å². The number of nitrogens with zero attached hydrogens (tertiary/aromatic N) is 1. The number of ether oxygens (including phenoxy) is 2. The Labute approximate surface area is 254 Å². The van der Waals surface area contributed by atoms with Crippen molar-refractivity contribution < 1.29 is 48.9 Å². The van der Waals surface area contributed by atoms with Gasteiger partial charge in [0.2, 0.25) is 0 Å². The molecule has 0 fully saturated rings. The van der Waals surface area contributed by atoms with Crippen LogP contribution in [0.4, 0.5) is 0 Å². The Morgan fingerprint density at radius 3 is 1.84 bits per heavy atom. The molecule has 1 atom stereocenters. The minimum Gasteiger partial charge on any atom is -0.550 e. The quantitative estimate of drug-likeness (QED) is 0.304. The predicted octanol–water partition coefficient (Wildman–Crippen LogP) is 2.48. The first-order chi connectivity index (χ1) is 17.4. The fraction of sp³-hybridized carbons (Fsp3) is 0.258. The van der Waals surface area contributed by atoms with Crippen LogP contribution < -0.4 is 39.4 Å². The van der Waals surface area contributed by atoms with Crippen molar-refractivity contribution in [3.05, 3.63) is 114 Å². The standard InChI is InChI=1S/C17H21NO.C14H14O3.ClH.Na/c1-18(2)13-14-19-17(15-9-5-3-6-10-15)16-11-7-4-8-12-16;1-9(14(15)16)10-3-4-12-8-13(17-2)6-5-11(12)7-10;;/h3-12,17H,13-14H2,1-2H3;3-9H,1-2H3,(H,15,16);1H;/q;;;+1/p-1/t;9-;;/m.0../s1. The van der Waals surface area contributed by atoms with Crippen molar-refractivity contribution in [2.75, 3.05) is 34.4 Å². The van der Waals surface area contributed by atoms with E-state index in [4.69, 9.17) is 9.47 Å². The molecule has 0 aromatic heterocycles. The van der Waals surface area contributed by atoms with Gasteiger partial charge in [-0.25, -0.2) is 0 Å². The van der Waals surface area contributed by atoms with Gasteiger partial charge < -0.3 is 24.3 Å². The van der Waals surface area contributed by atoms with Crippen molar-refractivity contribution in [1.29, 1.82) is 0 Å². The molecule has 5 nitrogen and oxygen atoms in total. The number of hydrogen-bond acceptors (Lipinski definition) is 5. The van der Waals surface area contributed by atoms with E-state index in [-0.39, 0.29) is 48.1 Å². The number of fused-ring (bicyclic) bond motifs is 1. The summed E-state index contributed by atoms with van der Waals surface area (Å²) < 4.78 is 11.2. The van der Waals surface area contributed by atoms with E-state index in [1.807, 2.05) is 48.5 Å². The summed E-state index contributed by atoms with van der Waals surface area (Å²) in [7, 11) is 5.74. The smallest absolute Gasteiger partial charge is 0.550 e. The Morgan fingerprint density at radius 2 is 1.34 bits per heavy atom. The van der Waals surface area contributed by atoms with Gasteiger partial charge in [-0.05, 0) is 53.7 Å². The molecular formula is C31H35ClNNaO4. The van der Waals surface area contributed by atoms with E-state index in [2.05, 4.69) is 67.5 Å². The molecule has 4 aromatic rings. The number of hydrogen-bond donors (Lipinski definition) is 0. The third-order valence-electron chi connectivity index (χ3n) is 5.95. The normalized spacial score (nSPS) is 11.1. The second-order valence-electron chi connectivity index (χ2n) is 8.89. The van der Waals surface area contributed by atoms with Crippen molar-refractivity contribution >= 4 is 29.1 Å². The predicted molar refractivity (Wildman–Crippen MR) is 150 cm³/mol. The average Bonchev–Trinajstić information content (AvgIpc) is 2.91. The Balaban J connectivity index is 0.000000363. The minimum atomic E-state index is -1.06. The number of carboxylic acids is 1. The Kier molecular flexibility index (Phi) is 15.3. The number of methoxy groups -OCH3 is 1. The SMILES string of the molecule is CN(C)CCOC(c1ccccc1)c1ccccc1.COc1ccc2cc([C@H](C)C(=O)[O-])ccc2c1.Cl.[Na+]. The fourth-order valence-corrected chi connectivity index (χ4v) is 3.77. The van der Waals surface area contributed by atoms with Gasteiger partial charge in [-0.1, -0.05) is 91.9 Å². The van der Waals surface area contributed by atoms with Crippen LogP contribution in [0.2, 0.25) is 0 Å². The van der Waals surface area contributed by atoms with Crippen LogP contribution in [0, 0.1) is 0 Å². The third kappa shape index (κ3) is 10.1. The van der Waals surface area contributed by atoms with Crippen LogP contribution in [0.3, 0.4) is 0 Å². The molecule has 0 bridgehead atoms. The summed E-state index contributed by atoms with van der Waals surface area (Å²) >= 11 is 0. The summed E-state index contributed by atoms with van der Waals surface area (Å²) in [5, 5.41) is 12.8. The van der Waals surface area contributed by atoms with Gasteiger partial charge in [0, 0.05) is 18.4 Å². The van der Waals surface area contributed by atoms with Crippen LogP contribution in [0.25, 0.3) is 10.8 Å². The maximum absolute atomic E-state index is 10.8. The van der Waals surface area contributed by atoms with Gasteiger partial charge in [0.05, 0.1) is 13.7 Å². The minimum absolute atomic E-state index is 0. The fourth-order valence-electron chi connectivity index (χ4n) is 3.77. The van der Waals surface area contributed by atoms with Gasteiger partial charge in [0.1, 0.15) is 11.9 Å². The van der Waals surface area contributed by atoms with Gasteiger partial charge in [0.25, 0.3) is 0 Å². The number of carbonyl (C=O) groups excluding carboxylic acids is 1. The molecule has 0 saturated carbocycles. The molecule has 0 heterocycles. The molecule has 4 aromatic carbocycles. The van der Waals surface area contributed by atoms with Crippen LogP contribution in [-0.2, 0) is 9.53 Å². The molecule has 196 valence electrons. The van der Waals surface area contributed by atoms with Crippen LogP contribution >= 0.6 is 12.4 Å². The third-order valence-corrected chi connectivity index (χ3v) is 5.95. The topological polar surface area (TPSA) is 61.8 Å². The van der Waals surface area contributed by atoms with E-state index >= 15 is 0 Å². The average molecular weight is 544 g/mol. The second-order valence-corrected chi connectivity index (χ2v) is 8.89. The molecule has 0 aliphatic heterocycles. The zero-order valence-electron chi connectivity index (χ0n) is 22.8. The summed E-state index contributed by atoms with van der Waals surface area (Å²) in [6.45, 7) is 3.28. The molecule has 7 heteroatoms. The number of rotatable bonds is 9. The Hall–Kier alpha value is -2.38. The molecular weight excluding hydrogens is 509 g/mol. The Bertz CT molecular complexity index is 1200. The monoisotopic (exact) mass is 543 g/mol. The van der Waals surface area contributed by atoms with Crippen LogP contribution in [-0.4, -0.2) is 45.2 Å². The van der Waals surface area contributed by atoms with Gasteiger partial charge in [-0.2, -0.15) is 0 Å². The molecule has 0 N–H and O–H groups in total. The molecule has 0 unspecified atom stereocenters. The van der Waals surface area contributed by atoms with Crippen molar-refractivity contribution in [2.45, 2.75) is 18.9 Å². The summed E-state index contributed by atoms with van der Waals surface area (Å²) in [6, 6.07) is 32.0. The first kappa shape index (κ1) is 33.6. The van der Waals surface area contributed by atoms with Crippen molar-refractivity contribution in [3.8, 4) is 5.75 Å². The molecule has 0 spiro atoms. The number of carboxylic acid groups (broad SMARTS) is 1. The number of halogens is 1. The molecule has 0 saturated heterocycles. The van der Waals surface area contributed by atoms with E-state index < -0.39 is 11.9 Å². The maximum Gasteiger partial charge on any atom is 1.00 e. The zero-order valence-corrected chi connectivity index (χ0v) is 25.6. The van der Waals surface area contributed by atoms with Gasteiger partial charge in [-0.3, -0.25) is 0 Å². The van der Waals surface area contributed by atoms with Crippen LogP contribution in [0.5, 0.6) is 5.75 Å². The number of aliphatic carboxylic acids is 1. The summed E-state index contributed by atoms with van der Waals surface area (Å²) in [5.74, 6) is -0.863. The van der Waals surface area contributed by atoms with Gasteiger partial charge >= 0.3 is 29.6 Å². The van der Waals surface area contributed by atoms with E-state index in [0.29, 0.717) is 0 Å². The summed E-state index contributed by atoms with van der Waals surface area (Å²) in [6.07, 6.45) is 0.0161. The zero-order chi connectivity index (χ0) is 25.9. The van der Waals surface area contributed by atoms with Crippen molar-refractivity contribution in [2.24, 2.45) is 0 Å². The molecule has 0 aliphatic rings. The summed E-state index contributed by atoms with van der Waals surface area (Å²) in [4.78, 5) is 12.9. The van der Waals surface area contributed by atoms with E-state index in [1.54, 1.807) is 14.0 Å². The molecule has 0 radical (unpaired) electrons. The second kappa shape index (κ2) is 17.3. The van der Waals surface area contributed by atoms with Crippen molar-refractivity contribution in [3.63, 3.8) is 0 Å². The number of benzene rings is 4. The van der Waals surface area contributed by atoms with E-state index in [9.17, 15) is 9.90 Å². The molecule has 0 aliphatic carbocycles. The molecule has 38 heavy (non-hydrogen) atoms. The number of likely N-dealkylation sites (N-methyl/N-ethyl adjacent to an activating group) is 1. The van der Waals surface area contributed by atoms with E-state index in [1.165, 1.54) is 11.1 Å². The van der Waals surface area contributed by atoms with Crippen LogP contribution in [0.1, 0.15) is 35.6 Å². The summed E-state index contributed by atoms with van der Waals surface area (Å²) in [5.41, 5.74) is 3.16. The largest absolute Gasteiger partial charge is 1.00 e. The Morgan fingerprint density at radius 1 is 0.816 bits per heavy atom. The maximum atomic E-state index is 10.8. The van der Waals surface area contributed by atoms with Gasteiger partial charge in [-0.15, -0.1) is 12.4 Å². The van der Waals surface area contributed by atoms with Crippen molar-refractivity contribution in [1.82, 2.24) is 4.90 Å². The number of carbonyl (C=O) groups is 1. The first-order valence-electron chi connectivity index (χ1n) is 12.0. The van der Waals surface area contributed by atoms with Gasteiger partial charge in [0.15, 0.2) is 0 Å². The van der Waals surface area contributed by atoms with Crippen LogP contribution in [0.15, 0.2) is 97.1 Å².